The largest absolute Gasteiger partial charge is 0.465 e. The highest BCUT2D eigenvalue weighted by atomic mass is 35.5. The van der Waals surface area contributed by atoms with E-state index < -0.39 is 18.0 Å². The SMILES string of the molecule is Cl.O=C1N=C(N2CCCCN2)S/C1=C/c1ccc(F)cc1C1CSCCN1C(=O)O. The van der Waals surface area contributed by atoms with Crippen LogP contribution in [0.4, 0.5) is 9.18 Å². The van der Waals surface area contributed by atoms with Crippen LogP contribution in [0.15, 0.2) is 28.1 Å². The van der Waals surface area contributed by atoms with Crippen molar-refractivity contribution in [3.05, 3.63) is 40.0 Å². The Labute approximate surface area is 188 Å². The molecular formula is C19H22ClFN4O3S2. The lowest BCUT2D eigenvalue weighted by Gasteiger charge is -2.34. The fraction of sp³-hybridized carbons (Fsp3) is 0.421. The minimum atomic E-state index is -1.02. The molecule has 1 atom stereocenters. The van der Waals surface area contributed by atoms with E-state index in [1.807, 2.05) is 5.01 Å². The number of hydrogen-bond donors (Lipinski definition) is 2. The number of aliphatic imine (C=N–C) groups is 1. The van der Waals surface area contributed by atoms with E-state index in [0.29, 0.717) is 39.3 Å². The average molecular weight is 473 g/mol. The van der Waals surface area contributed by atoms with E-state index in [4.69, 9.17) is 0 Å². The van der Waals surface area contributed by atoms with Crippen molar-refractivity contribution in [1.29, 1.82) is 0 Å². The van der Waals surface area contributed by atoms with Crippen molar-refractivity contribution in [2.75, 3.05) is 31.1 Å². The predicted octanol–water partition coefficient (Wildman–Crippen LogP) is 3.59. The second-order valence-electron chi connectivity index (χ2n) is 6.92. The number of nitrogens with one attached hydrogen (secondary N) is 1. The summed E-state index contributed by atoms with van der Waals surface area (Å²) < 4.78 is 14.0. The number of carbonyl (C=O) groups excluding carboxylic acids is 1. The molecule has 2 N–H and O–H groups in total. The first-order chi connectivity index (χ1) is 14.0. The van der Waals surface area contributed by atoms with E-state index >= 15 is 0 Å². The van der Waals surface area contributed by atoms with Crippen molar-refractivity contribution in [1.82, 2.24) is 15.3 Å². The number of benzene rings is 1. The van der Waals surface area contributed by atoms with E-state index in [2.05, 4.69) is 10.4 Å². The van der Waals surface area contributed by atoms with Gasteiger partial charge in [-0.1, -0.05) is 6.07 Å². The lowest BCUT2D eigenvalue weighted by molar-refractivity contribution is -0.113. The van der Waals surface area contributed by atoms with Gasteiger partial charge in [0.2, 0.25) is 0 Å². The molecule has 0 saturated carbocycles. The summed E-state index contributed by atoms with van der Waals surface area (Å²) in [4.78, 5) is 30.1. The van der Waals surface area contributed by atoms with Crippen molar-refractivity contribution >= 4 is 59.2 Å². The highest BCUT2D eigenvalue weighted by Crippen LogP contribution is 2.36. The van der Waals surface area contributed by atoms with Crippen LogP contribution in [0.2, 0.25) is 0 Å². The highest BCUT2D eigenvalue weighted by Gasteiger charge is 2.31. The molecule has 0 radical (unpaired) electrons. The van der Waals surface area contributed by atoms with Gasteiger partial charge in [0.1, 0.15) is 5.82 Å². The lowest BCUT2D eigenvalue weighted by Crippen LogP contribution is -2.45. The lowest BCUT2D eigenvalue weighted by atomic mass is 9.99. The van der Waals surface area contributed by atoms with Crippen molar-refractivity contribution in [3.8, 4) is 0 Å². The van der Waals surface area contributed by atoms with Gasteiger partial charge in [0.05, 0.1) is 10.9 Å². The quantitative estimate of drug-likeness (QED) is 0.636. The van der Waals surface area contributed by atoms with Crippen molar-refractivity contribution < 1.29 is 19.1 Å². The summed E-state index contributed by atoms with van der Waals surface area (Å²) in [7, 11) is 0. The summed E-state index contributed by atoms with van der Waals surface area (Å²) in [5.74, 6) is 0.499. The third kappa shape index (κ3) is 4.93. The molecule has 0 aliphatic carbocycles. The summed E-state index contributed by atoms with van der Waals surface area (Å²) in [5, 5.41) is 12.1. The first-order valence-electron chi connectivity index (χ1n) is 9.43. The molecule has 2 amide bonds. The Kier molecular flexibility index (Phi) is 7.67. The Hall–Kier alpha value is -1.75. The summed E-state index contributed by atoms with van der Waals surface area (Å²) in [6, 6.07) is 3.84. The molecular weight excluding hydrogens is 451 g/mol. The maximum atomic E-state index is 14.0. The van der Waals surface area contributed by atoms with Crippen molar-refractivity contribution in [2.24, 2.45) is 4.99 Å². The van der Waals surface area contributed by atoms with Crippen LogP contribution < -0.4 is 5.43 Å². The maximum absolute atomic E-state index is 14.0. The number of nitrogens with zero attached hydrogens (tertiary/aromatic N) is 3. The molecule has 1 aromatic carbocycles. The zero-order valence-electron chi connectivity index (χ0n) is 16.0. The first-order valence-corrected chi connectivity index (χ1v) is 11.4. The number of halogens is 2. The zero-order chi connectivity index (χ0) is 20.4. The number of amides is 2. The molecule has 30 heavy (non-hydrogen) atoms. The van der Waals surface area contributed by atoms with Gasteiger partial charge in [0.25, 0.3) is 5.91 Å². The normalized spacial score (nSPS) is 23.4. The number of thioether (sulfide) groups is 2. The molecule has 0 bridgehead atoms. The monoisotopic (exact) mass is 472 g/mol. The van der Waals surface area contributed by atoms with Crippen LogP contribution in [0.3, 0.4) is 0 Å². The predicted molar refractivity (Wildman–Crippen MR) is 120 cm³/mol. The third-order valence-electron chi connectivity index (χ3n) is 5.02. The summed E-state index contributed by atoms with van der Waals surface area (Å²) >= 11 is 2.92. The molecule has 1 aromatic rings. The van der Waals surface area contributed by atoms with Crippen LogP contribution in [0.25, 0.3) is 6.08 Å². The van der Waals surface area contributed by atoms with Crippen LogP contribution in [0, 0.1) is 5.82 Å². The molecule has 4 rings (SSSR count). The summed E-state index contributed by atoms with van der Waals surface area (Å²) in [6.45, 7) is 2.03. The number of rotatable bonds is 2. The summed E-state index contributed by atoms with van der Waals surface area (Å²) in [6.07, 6.45) is 2.79. The second kappa shape index (κ2) is 10.0. The zero-order valence-corrected chi connectivity index (χ0v) is 18.5. The Balaban J connectivity index is 0.00000256. The summed E-state index contributed by atoms with van der Waals surface area (Å²) in [5.41, 5.74) is 4.45. The molecule has 7 nitrogen and oxygen atoms in total. The minimum Gasteiger partial charge on any atom is -0.465 e. The number of carbonyl (C=O) groups is 2. The number of hydrazine groups is 1. The number of carboxylic acid groups (broad SMARTS) is 1. The van der Waals surface area contributed by atoms with Gasteiger partial charge in [-0.3, -0.25) is 14.7 Å². The Morgan fingerprint density at radius 2 is 2.17 bits per heavy atom. The van der Waals surface area contributed by atoms with E-state index in [9.17, 15) is 19.1 Å². The van der Waals surface area contributed by atoms with Gasteiger partial charge in [-0.2, -0.15) is 16.8 Å². The second-order valence-corrected chi connectivity index (χ2v) is 9.08. The smallest absolute Gasteiger partial charge is 0.407 e. The number of hydrogen-bond acceptors (Lipinski definition) is 6. The molecule has 0 aromatic heterocycles. The first kappa shape index (κ1) is 22.9. The van der Waals surface area contributed by atoms with E-state index in [0.717, 1.165) is 25.9 Å². The van der Waals surface area contributed by atoms with Gasteiger partial charge in [-0.25, -0.2) is 14.6 Å². The van der Waals surface area contributed by atoms with Gasteiger partial charge in [0.15, 0.2) is 5.17 Å². The van der Waals surface area contributed by atoms with Gasteiger partial charge in [-0.05, 0) is 53.9 Å². The van der Waals surface area contributed by atoms with Crippen LogP contribution in [0.5, 0.6) is 0 Å². The molecule has 3 aliphatic heterocycles. The molecule has 3 heterocycles. The van der Waals surface area contributed by atoms with Crippen LogP contribution in [0.1, 0.15) is 30.0 Å². The molecule has 0 spiro atoms. The fourth-order valence-electron chi connectivity index (χ4n) is 3.56. The van der Waals surface area contributed by atoms with Crippen LogP contribution in [-0.2, 0) is 4.79 Å². The number of amidine groups is 1. The van der Waals surface area contributed by atoms with Gasteiger partial charge >= 0.3 is 6.09 Å². The maximum Gasteiger partial charge on any atom is 0.407 e. The van der Waals surface area contributed by atoms with Crippen LogP contribution >= 0.6 is 35.9 Å². The molecule has 11 heteroatoms. The highest BCUT2D eigenvalue weighted by molar-refractivity contribution is 8.18. The van der Waals surface area contributed by atoms with Gasteiger partial charge in [0, 0.05) is 31.1 Å². The Bertz CT molecular complexity index is 893. The fourth-order valence-corrected chi connectivity index (χ4v) is 5.55. The van der Waals surface area contributed by atoms with Gasteiger partial charge < -0.3 is 5.11 Å². The molecule has 3 aliphatic rings. The Morgan fingerprint density at radius 3 is 2.90 bits per heavy atom. The molecule has 2 fully saturated rings. The van der Waals surface area contributed by atoms with Gasteiger partial charge in [-0.15, -0.1) is 12.4 Å². The molecule has 2 saturated heterocycles. The molecule has 1 unspecified atom stereocenters. The van der Waals surface area contributed by atoms with E-state index in [1.54, 1.807) is 23.9 Å². The van der Waals surface area contributed by atoms with E-state index in [1.165, 1.54) is 28.8 Å². The standard InChI is InChI=1S/C19H21FN4O3S2.ClH/c20-13-4-3-12(14(10-13)15-11-28-8-7-23(15)19(26)27)9-16-17(25)22-18(29-16)24-6-2-1-5-21-24;/h3-4,9-10,15,21H,1-2,5-8,11H2,(H,26,27);1H/b16-9+;. The van der Waals surface area contributed by atoms with E-state index in [-0.39, 0.29) is 18.3 Å². The van der Waals surface area contributed by atoms with Crippen LogP contribution in [-0.4, -0.2) is 63.3 Å². The topological polar surface area (TPSA) is 85.2 Å². The molecule has 162 valence electrons. The third-order valence-corrected chi connectivity index (χ3v) is 7.05. The minimum absolute atomic E-state index is 0. The Morgan fingerprint density at radius 1 is 1.33 bits per heavy atom. The average Bonchev–Trinajstić information content (AvgIpc) is 3.10. The van der Waals surface area contributed by atoms with Crippen molar-refractivity contribution in [2.45, 2.75) is 18.9 Å². The van der Waals surface area contributed by atoms with Crippen molar-refractivity contribution in [3.63, 3.8) is 0 Å².